The van der Waals surface area contributed by atoms with E-state index in [1.807, 2.05) is 0 Å². The highest BCUT2D eigenvalue weighted by atomic mass is 32.2. The van der Waals surface area contributed by atoms with Gasteiger partial charge in [-0.05, 0) is 24.3 Å². The summed E-state index contributed by atoms with van der Waals surface area (Å²) < 4.78 is 45.0. The zero-order valence-corrected chi connectivity index (χ0v) is 12.6. The average molecular weight is 326 g/mol. The Labute approximate surface area is 127 Å². The van der Waals surface area contributed by atoms with Gasteiger partial charge in [0.1, 0.15) is 16.5 Å². The molecule has 0 aliphatic rings. The van der Waals surface area contributed by atoms with Gasteiger partial charge < -0.3 is 9.73 Å². The maximum absolute atomic E-state index is 13.8. The van der Waals surface area contributed by atoms with E-state index in [4.69, 9.17) is 4.42 Å². The predicted molar refractivity (Wildman–Crippen MR) is 76.8 cm³/mol. The molecule has 0 saturated heterocycles. The number of sulfonamides is 1. The minimum Gasteiger partial charge on any atom is -0.468 e. The Morgan fingerprint density at radius 3 is 2.59 bits per heavy atom. The van der Waals surface area contributed by atoms with Crippen molar-refractivity contribution < 1.29 is 22.0 Å². The molecule has 0 aliphatic carbocycles. The van der Waals surface area contributed by atoms with E-state index in [9.17, 15) is 17.6 Å². The molecule has 8 heteroatoms. The summed E-state index contributed by atoms with van der Waals surface area (Å²) in [6, 6.07) is 8.20. The van der Waals surface area contributed by atoms with Crippen LogP contribution in [0.1, 0.15) is 5.76 Å². The highest BCUT2D eigenvalue weighted by Gasteiger charge is 2.29. The molecule has 1 amide bonds. The smallest absolute Gasteiger partial charge is 0.246 e. The van der Waals surface area contributed by atoms with Gasteiger partial charge in [-0.25, -0.2) is 12.8 Å². The molecule has 22 heavy (non-hydrogen) atoms. The standard InChI is InChI=1S/C14H15FN2O4S/c1-16-14(18)10-17(9-11-5-4-8-21-11)22(19,20)13-7-3-2-6-12(13)15/h2-8H,9-10H2,1H3,(H,16,18). The van der Waals surface area contributed by atoms with Gasteiger partial charge in [-0.15, -0.1) is 0 Å². The molecule has 0 aliphatic heterocycles. The largest absolute Gasteiger partial charge is 0.468 e. The van der Waals surface area contributed by atoms with Crippen LogP contribution in [0.3, 0.4) is 0 Å². The summed E-state index contributed by atoms with van der Waals surface area (Å²) in [5, 5.41) is 2.34. The van der Waals surface area contributed by atoms with Crippen molar-refractivity contribution in [3.63, 3.8) is 0 Å². The Balaban J connectivity index is 2.38. The normalized spacial score (nSPS) is 11.6. The van der Waals surface area contributed by atoms with E-state index in [-0.39, 0.29) is 6.54 Å². The number of nitrogens with zero attached hydrogens (tertiary/aromatic N) is 1. The lowest BCUT2D eigenvalue weighted by atomic mass is 10.3. The van der Waals surface area contributed by atoms with E-state index in [0.29, 0.717) is 5.76 Å². The van der Waals surface area contributed by atoms with Crippen LogP contribution in [0.15, 0.2) is 52.0 Å². The summed E-state index contributed by atoms with van der Waals surface area (Å²) in [4.78, 5) is 11.1. The fourth-order valence-corrected chi connectivity index (χ4v) is 3.26. The molecule has 2 rings (SSSR count). The van der Waals surface area contributed by atoms with Crippen molar-refractivity contribution >= 4 is 15.9 Å². The highest BCUT2D eigenvalue weighted by molar-refractivity contribution is 7.89. The third-order valence-corrected chi connectivity index (χ3v) is 4.79. The number of nitrogens with one attached hydrogen (secondary N) is 1. The van der Waals surface area contributed by atoms with Gasteiger partial charge in [0.15, 0.2) is 0 Å². The molecule has 0 spiro atoms. The minimum atomic E-state index is -4.18. The summed E-state index contributed by atoms with van der Waals surface area (Å²) in [7, 11) is -2.78. The van der Waals surface area contributed by atoms with E-state index in [0.717, 1.165) is 16.4 Å². The van der Waals surface area contributed by atoms with Gasteiger partial charge in [0.2, 0.25) is 15.9 Å². The van der Waals surface area contributed by atoms with Crippen LogP contribution in [0.4, 0.5) is 4.39 Å². The predicted octanol–water partition coefficient (Wildman–Crippen LogP) is 1.36. The molecule has 0 bridgehead atoms. The first-order valence-corrected chi connectivity index (χ1v) is 7.87. The van der Waals surface area contributed by atoms with E-state index in [2.05, 4.69) is 5.32 Å². The second-order valence-electron chi connectivity index (χ2n) is 4.46. The number of amides is 1. The van der Waals surface area contributed by atoms with Crippen molar-refractivity contribution in [3.8, 4) is 0 Å². The van der Waals surface area contributed by atoms with Gasteiger partial charge >= 0.3 is 0 Å². The lowest BCUT2D eigenvalue weighted by Crippen LogP contribution is -2.39. The van der Waals surface area contributed by atoms with E-state index in [1.54, 1.807) is 12.1 Å². The van der Waals surface area contributed by atoms with Crippen LogP contribution in [0.25, 0.3) is 0 Å². The zero-order chi connectivity index (χ0) is 16.2. The fourth-order valence-electron chi connectivity index (χ4n) is 1.83. The molecule has 1 aromatic heterocycles. The third kappa shape index (κ3) is 3.52. The van der Waals surface area contributed by atoms with Crippen LogP contribution in [0.5, 0.6) is 0 Å². The molecule has 0 atom stereocenters. The first-order valence-electron chi connectivity index (χ1n) is 6.43. The molecule has 6 nitrogen and oxygen atoms in total. The molecule has 1 heterocycles. The van der Waals surface area contributed by atoms with Crippen molar-refractivity contribution in [1.82, 2.24) is 9.62 Å². The molecular weight excluding hydrogens is 311 g/mol. The maximum atomic E-state index is 13.8. The van der Waals surface area contributed by atoms with Crippen LogP contribution in [-0.2, 0) is 21.4 Å². The molecule has 2 aromatic rings. The molecule has 1 aromatic carbocycles. The Hall–Kier alpha value is -2.19. The number of likely N-dealkylation sites (N-methyl/N-ethyl adjacent to an activating group) is 1. The lowest BCUT2D eigenvalue weighted by Gasteiger charge is -2.20. The van der Waals surface area contributed by atoms with Crippen LogP contribution >= 0.6 is 0 Å². The molecule has 0 fully saturated rings. The highest BCUT2D eigenvalue weighted by Crippen LogP contribution is 2.21. The molecule has 0 radical (unpaired) electrons. The summed E-state index contributed by atoms with van der Waals surface area (Å²) >= 11 is 0. The minimum absolute atomic E-state index is 0.170. The third-order valence-electron chi connectivity index (χ3n) is 2.97. The van der Waals surface area contributed by atoms with Crippen molar-refractivity contribution in [2.24, 2.45) is 0 Å². The maximum Gasteiger partial charge on any atom is 0.246 e. The first kappa shape index (κ1) is 16.2. The average Bonchev–Trinajstić information content (AvgIpc) is 2.99. The number of carbonyl (C=O) groups is 1. The van der Waals surface area contributed by atoms with Gasteiger partial charge in [-0.1, -0.05) is 12.1 Å². The van der Waals surface area contributed by atoms with Crippen LogP contribution < -0.4 is 5.32 Å². The SMILES string of the molecule is CNC(=O)CN(Cc1ccco1)S(=O)(=O)c1ccccc1F. The second-order valence-corrected chi connectivity index (χ2v) is 6.36. The number of benzene rings is 1. The summed E-state index contributed by atoms with van der Waals surface area (Å²) in [5.41, 5.74) is 0. The van der Waals surface area contributed by atoms with Crippen molar-refractivity contribution in [3.05, 3.63) is 54.2 Å². The number of halogens is 1. The van der Waals surface area contributed by atoms with Crippen LogP contribution in [0, 0.1) is 5.82 Å². The van der Waals surface area contributed by atoms with Crippen molar-refractivity contribution in [2.75, 3.05) is 13.6 Å². The van der Waals surface area contributed by atoms with Crippen molar-refractivity contribution in [2.45, 2.75) is 11.4 Å². The molecule has 0 unspecified atom stereocenters. The second kappa shape index (κ2) is 6.71. The van der Waals surface area contributed by atoms with E-state index >= 15 is 0 Å². The number of furan rings is 1. The van der Waals surface area contributed by atoms with Gasteiger partial charge in [-0.2, -0.15) is 4.31 Å². The number of hydrogen-bond donors (Lipinski definition) is 1. The summed E-state index contributed by atoms with van der Waals surface area (Å²) in [5.74, 6) is -1.03. The first-order chi connectivity index (χ1) is 10.4. The monoisotopic (exact) mass is 326 g/mol. The Kier molecular flexibility index (Phi) is 4.94. The number of hydrogen-bond acceptors (Lipinski definition) is 4. The summed E-state index contributed by atoms with van der Waals surface area (Å²) in [6.07, 6.45) is 1.39. The molecule has 0 saturated carbocycles. The van der Waals surface area contributed by atoms with E-state index in [1.165, 1.54) is 25.4 Å². The van der Waals surface area contributed by atoms with Gasteiger partial charge in [-0.3, -0.25) is 4.79 Å². The fraction of sp³-hybridized carbons (Fsp3) is 0.214. The van der Waals surface area contributed by atoms with Crippen LogP contribution in [0.2, 0.25) is 0 Å². The van der Waals surface area contributed by atoms with Crippen LogP contribution in [-0.4, -0.2) is 32.2 Å². The number of rotatable bonds is 6. The molecule has 118 valence electrons. The van der Waals surface area contributed by atoms with E-state index < -0.39 is 33.2 Å². The Morgan fingerprint density at radius 2 is 2.00 bits per heavy atom. The quantitative estimate of drug-likeness (QED) is 0.869. The molecular formula is C14H15FN2O4S. The topological polar surface area (TPSA) is 79.6 Å². The number of carbonyl (C=O) groups excluding carboxylic acids is 1. The van der Waals surface area contributed by atoms with Gasteiger partial charge in [0.25, 0.3) is 0 Å². The van der Waals surface area contributed by atoms with Crippen molar-refractivity contribution in [1.29, 1.82) is 0 Å². The lowest BCUT2D eigenvalue weighted by molar-refractivity contribution is -0.120. The Bertz CT molecular complexity index is 744. The van der Waals surface area contributed by atoms with Gasteiger partial charge in [0, 0.05) is 7.05 Å². The van der Waals surface area contributed by atoms with Gasteiger partial charge in [0.05, 0.1) is 19.4 Å². The molecule has 1 N–H and O–H groups in total. The Morgan fingerprint density at radius 1 is 1.27 bits per heavy atom. The summed E-state index contributed by atoms with van der Waals surface area (Å²) in [6.45, 7) is -0.606. The zero-order valence-electron chi connectivity index (χ0n) is 11.8.